The van der Waals surface area contributed by atoms with Crippen LogP contribution in [0.4, 0.5) is 5.69 Å². The molecule has 0 aromatic carbocycles. The van der Waals surface area contributed by atoms with Crippen LogP contribution in [0.2, 0.25) is 0 Å². The van der Waals surface area contributed by atoms with Crippen LogP contribution in [-0.4, -0.2) is 45.1 Å². The van der Waals surface area contributed by atoms with E-state index in [4.69, 9.17) is 5.73 Å². The van der Waals surface area contributed by atoms with Gasteiger partial charge in [-0.15, -0.1) is 16.4 Å². The monoisotopic (exact) mass is 296 g/mol. The largest absolute Gasteiger partial charge is 0.397 e. The van der Waals surface area contributed by atoms with Crippen molar-refractivity contribution in [2.24, 2.45) is 0 Å². The highest BCUT2D eigenvalue weighted by Gasteiger charge is 2.30. The number of aliphatic hydroxyl groups excluding tert-OH is 2. The van der Waals surface area contributed by atoms with Gasteiger partial charge in [0.15, 0.2) is 0 Å². The number of carbonyl (C=O) groups is 1. The predicted octanol–water partition coefficient (Wildman–Crippen LogP) is 0.137. The summed E-state index contributed by atoms with van der Waals surface area (Å²) in [6.45, 7) is 1.07. The molecule has 0 saturated carbocycles. The second-order valence-electron chi connectivity index (χ2n) is 4.50. The van der Waals surface area contributed by atoms with Crippen molar-refractivity contribution in [3.8, 4) is 0 Å². The number of amides is 1. The van der Waals surface area contributed by atoms with Crippen molar-refractivity contribution in [2.75, 3.05) is 18.9 Å². The maximum Gasteiger partial charge on any atom is 0.264 e. The lowest BCUT2D eigenvalue weighted by atomic mass is 9.98. The number of nitrogen functional groups attached to an aromatic ring is 1. The van der Waals surface area contributed by atoms with Crippen molar-refractivity contribution in [3.63, 3.8) is 0 Å². The average molecular weight is 296 g/mol. The molecular weight excluding hydrogens is 280 g/mol. The van der Waals surface area contributed by atoms with Gasteiger partial charge in [0.1, 0.15) is 9.71 Å². The summed E-state index contributed by atoms with van der Waals surface area (Å²) >= 11 is 1.13. The Balaban J connectivity index is 2.34. The topological polar surface area (TPSA) is 121 Å². The maximum absolute atomic E-state index is 12.3. The molecule has 2 aromatic heterocycles. The fourth-order valence-corrected chi connectivity index (χ4v) is 2.71. The number of hydrogen-bond acceptors (Lipinski definition) is 7. The van der Waals surface area contributed by atoms with E-state index in [2.05, 4.69) is 15.5 Å². The Labute approximate surface area is 119 Å². The minimum atomic E-state index is -1.05. The molecule has 0 unspecified atom stereocenters. The summed E-state index contributed by atoms with van der Waals surface area (Å²) in [5.74, 6) is -0.435. The van der Waals surface area contributed by atoms with Gasteiger partial charge in [-0.1, -0.05) is 6.92 Å². The fourth-order valence-electron chi connectivity index (χ4n) is 1.78. The molecule has 0 saturated heterocycles. The second-order valence-corrected chi connectivity index (χ2v) is 5.50. The van der Waals surface area contributed by atoms with E-state index < -0.39 is 11.4 Å². The number of nitrogens with two attached hydrogens (primary N) is 1. The molecule has 0 radical (unpaired) electrons. The number of thiophene rings is 1. The summed E-state index contributed by atoms with van der Waals surface area (Å²) in [5.41, 5.74) is 5.22. The van der Waals surface area contributed by atoms with Crippen molar-refractivity contribution in [3.05, 3.63) is 17.1 Å². The van der Waals surface area contributed by atoms with E-state index in [1.807, 2.05) is 0 Å². The van der Waals surface area contributed by atoms with Crippen LogP contribution >= 0.6 is 11.3 Å². The van der Waals surface area contributed by atoms with Crippen molar-refractivity contribution in [1.29, 1.82) is 0 Å². The molecule has 5 N–H and O–H groups in total. The number of aliphatic hydroxyl groups is 2. The standard InChI is InChI=1S/C12H16N4O3S/c1-2-12(5-17,6-18)15-10(19)9-8(13)7-3-4-14-16-11(7)20-9/h3-4,17-18H,2,5-6,13H2,1H3,(H,15,19). The van der Waals surface area contributed by atoms with Crippen LogP contribution in [0.1, 0.15) is 23.0 Å². The van der Waals surface area contributed by atoms with Gasteiger partial charge in [0, 0.05) is 5.39 Å². The number of nitrogens with zero attached hydrogens (tertiary/aromatic N) is 2. The van der Waals surface area contributed by atoms with E-state index in [9.17, 15) is 15.0 Å². The van der Waals surface area contributed by atoms with Gasteiger partial charge in [-0.3, -0.25) is 4.79 Å². The molecule has 20 heavy (non-hydrogen) atoms. The first-order valence-corrected chi connectivity index (χ1v) is 6.92. The molecule has 0 aliphatic heterocycles. The first-order chi connectivity index (χ1) is 9.56. The Kier molecular flexibility index (Phi) is 4.17. The van der Waals surface area contributed by atoms with Gasteiger partial charge in [-0.2, -0.15) is 5.10 Å². The van der Waals surface area contributed by atoms with E-state index in [1.165, 1.54) is 6.20 Å². The second kappa shape index (κ2) is 5.70. The predicted molar refractivity (Wildman–Crippen MR) is 76.5 cm³/mol. The quantitative estimate of drug-likeness (QED) is 0.622. The molecule has 0 spiro atoms. The highest BCUT2D eigenvalue weighted by atomic mass is 32.1. The van der Waals surface area contributed by atoms with E-state index >= 15 is 0 Å². The molecule has 7 nitrogen and oxygen atoms in total. The Morgan fingerprint density at radius 3 is 2.75 bits per heavy atom. The molecular formula is C12H16N4O3S. The summed E-state index contributed by atoms with van der Waals surface area (Å²) in [5, 5.41) is 29.7. The summed E-state index contributed by atoms with van der Waals surface area (Å²) in [6.07, 6.45) is 1.90. The fraction of sp³-hybridized carbons (Fsp3) is 0.417. The van der Waals surface area contributed by atoms with Crippen LogP contribution in [0.5, 0.6) is 0 Å². The van der Waals surface area contributed by atoms with Crippen LogP contribution in [0, 0.1) is 0 Å². The van der Waals surface area contributed by atoms with E-state index in [0.29, 0.717) is 27.2 Å². The zero-order valence-corrected chi connectivity index (χ0v) is 11.8. The van der Waals surface area contributed by atoms with Gasteiger partial charge in [0.25, 0.3) is 5.91 Å². The molecule has 2 rings (SSSR count). The molecule has 0 bridgehead atoms. The van der Waals surface area contributed by atoms with Crippen LogP contribution in [-0.2, 0) is 0 Å². The summed E-state index contributed by atoms with van der Waals surface area (Å²) < 4.78 is 0. The van der Waals surface area contributed by atoms with Crippen LogP contribution in [0.3, 0.4) is 0 Å². The zero-order valence-electron chi connectivity index (χ0n) is 11.0. The first kappa shape index (κ1) is 14.6. The third-order valence-corrected chi connectivity index (χ3v) is 4.39. The van der Waals surface area contributed by atoms with Crippen molar-refractivity contribution in [1.82, 2.24) is 15.5 Å². The molecule has 2 heterocycles. The smallest absolute Gasteiger partial charge is 0.264 e. The van der Waals surface area contributed by atoms with Gasteiger partial charge in [-0.05, 0) is 12.5 Å². The lowest BCUT2D eigenvalue weighted by molar-refractivity contribution is 0.0657. The molecule has 0 aliphatic rings. The molecule has 2 aromatic rings. The van der Waals surface area contributed by atoms with Crippen LogP contribution in [0.15, 0.2) is 12.3 Å². The number of hydrogen-bond donors (Lipinski definition) is 4. The molecule has 108 valence electrons. The Morgan fingerprint density at radius 1 is 1.50 bits per heavy atom. The van der Waals surface area contributed by atoms with E-state index in [-0.39, 0.29) is 13.2 Å². The molecule has 0 atom stereocenters. The number of aromatic nitrogens is 2. The van der Waals surface area contributed by atoms with Crippen LogP contribution < -0.4 is 11.1 Å². The zero-order chi connectivity index (χ0) is 14.8. The minimum Gasteiger partial charge on any atom is -0.397 e. The summed E-state index contributed by atoms with van der Waals surface area (Å²) in [6, 6.07) is 1.69. The van der Waals surface area contributed by atoms with Crippen molar-refractivity contribution < 1.29 is 15.0 Å². The SMILES string of the molecule is CCC(CO)(CO)NC(=O)c1sc2nnccc2c1N. The third kappa shape index (κ3) is 2.45. The Hall–Kier alpha value is -1.77. The average Bonchev–Trinajstić information content (AvgIpc) is 2.83. The third-order valence-electron chi connectivity index (χ3n) is 3.29. The first-order valence-electron chi connectivity index (χ1n) is 6.11. The Morgan fingerprint density at radius 2 is 2.20 bits per heavy atom. The van der Waals surface area contributed by atoms with Gasteiger partial charge in [-0.25, -0.2) is 0 Å². The minimum absolute atomic E-state index is 0.306. The number of carbonyl (C=O) groups excluding carboxylic acids is 1. The van der Waals surface area contributed by atoms with Crippen molar-refractivity contribution in [2.45, 2.75) is 18.9 Å². The van der Waals surface area contributed by atoms with Crippen molar-refractivity contribution >= 4 is 33.1 Å². The highest BCUT2D eigenvalue weighted by Crippen LogP contribution is 2.31. The van der Waals surface area contributed by atoms with Gasteiger partial charge >= 0.3 is 0 Å². The molecule has 0 aliphatic carbocycles. The van der Waals surface area contributed by atoms with Crippen LogP contribution in [0.25, 0.3) is 10.2 Å². The maximum atomic E-state index is 12.3. The molecule has 8 heteroatoms. The van der Waals surface area contributed by atoms with Gasteiger partial charge in [0.05, 0.1) is 30.6 Å². The number of nitrogens with one attached hydrogen (secondary N) is 1. The summed E-state index contributed by atoms with van der Waals surface area (Å²) in [7, 11) is 0. The number of anilines is 1. The lowest BCUT2D eigenvalue weighted by Crippen LogP contribution is -2.53. The number of rotatable bonds is 5. The normalized spacial score (nSPS) is 11.8. The van der Waals surface area contributed by atoms with E-state index in [1.54, 1.807) is 13.0 Å². The Bertz CT molecular complexity index is 616. The molecule has 0 fully saturated rings. The van der Waals surface area contributed by atoms with E-state index in [0.717, 1.165) is 11.3 Å². The van der Waals surface area contributed by atoms with Gasteiger partial charge in [0.2, 0.25) is 0 Å². The highest BCUT2D eigenvalue weighted by molar-refractivity contribution is 7.21. The van der Waals surface area contributed by atoms with Gasteiger partial charge < -0.3 is 21.3 Å². The summed E-state index contributed by atoms with van der Waals surface area (Å²) in [4.78, 5) is 13.2. The molecule has 1 amide bonds. The number of fused-ring (bicyclic) bond motifs is 1. The lowest BCUT2D eigenvalue weighted by Gasteiger charge is -2.29.